The second kappa shape index (κ2) is 4.79. The number of nitrogens with zero attached hydrogens (tertiary/aromatic N) is 2. The number of rotatable bonds is 3. The monoisotopic (exact) mass is 245 g/mol. The van der Waals surface area contributed by atoms with Crippen molar-refractivity contribution in [2.24, 2.45) is 0 Å². The number of aromatic nitrogens is 2. The van der Waals surface area contributed by atoms with Gasteiger partial charge in [-0.15, -0.1) is 10.2 Å². The SMILES string of the molecule is CC(=O)c1cccc(NC(=O)c2nnc(C)o2)c1. The van der Waals surface area contributed by atoms with Gasteiger partial charge < -0.3 is 9.73 Å². The van der Waals surface area contributed by atoms with Crippen LogP contribution >= 0.6 is 0 Å². The summed E-state index contributed by atoms with van der Waals surface area (Å²) in [7, 11) is 0. The number of nitrogens with one attached hydrogen (secondary N) is 1. The highest BCUT2D eigenvalue weighted by Gasteiger charge is 2.13. The third kappa shape index (κ3) is 2.60. The predicted octanol–water partition coefficient (Wildman–Crippen LogP) is 1.83. The van der Waals surface area contributed by atoms with Crippen LogP contribution in [0.5, 0.6) is 0 Å². The highest BCUT2D eigenvalue weighted by atomic mass is 16.4. The zero-order valence-electron chi connectivity index (χ0n) is 9.93. The van der Waals surface area contributed by atoms with Crippen LogP contribution in [0.25, 0.3) is 0 Å². The van der Waals surface area contributed by atoms with Crippen LogP contribution < -0.4 is 5.32 Å². The lowest BCUT2D eigenvalue weighted by molar-refractivity contribution is 0.0985. The molecule has 0 aliphatic carbocycles. The van der Waals surface area contributed by atoms with Gasteiger partial charge in [-0.2, -0.15) is 0 Å². The van der Waals surface area contributed by atoms with Crippen molar-refractivity contribution in [3.8, 4) is 0 Å². The molecular formula is C12H11N3O3. The van der Waals surface area contributed by atoms with E-state index in [1.807, 2.05) is 0 Å². The maximum atomic E-state index is 11.7. The topological polar surface area (TPSA) is 85.1 Å². The van der Waals surface area contributed by atoms with E-state index in [1.165, 1.54) is 6.92 Å². The van der Waals surface area contributed by atoms with Crippen LogP contribution in [0.3, 0.4) is 0 Å². The van der Waals surface area contributed by atoms with E-state index < -0.39 is 5.91 Å². The van der Waals surface area contributed by atoms with Crippen molar-refractivity contribution in [1.82, 2.24) is 10.2 Å². The molecule has 0 aliphatic heterocycles. The fraction of sp³-hybridized carbons (Fsp3) is 0.167. The standard InChI is InChI=1S/C12H11N3O3/c1-7(16)9-4-3-5-10(6-9)13-11(17)12-15-14-8(2)18-12/h3-6H,1-2H3,(H,13,17). The van der Waals surface area contributed by atoms with E-state index in [-0.39, 0.29) is 11.7 Å². The first-order valence-corrected chi connectivity index (χ1v) is 5.29. The van der Waals surface area contributed by atoms with Crippen molar-refractivity contribution in [3.63, 3.8) is 0 Å². The summed E-state index contributed by atoms with van der Waals surface area (Å²) in [6, 6.07) is 6.62. The molecule has 92 valence electrons. The molecule has 6 nitrogen and oxygen atoms in total. The molecule has 0 radical (unpaired) electrons. The van der Waals surface area contributed by atoms with Crippen molar-refractivity contribution >= 4 is 17.4 Å². The molecule has 0 unspecified atom stereocenters. The van der Waals surface area contributed by atoms with Crippen LogP contribution in [0.4, 0.5) is 5.69 Å². The number of aryl methyl sites for hydroxylation is 1. The Morgan fingerprint density at radius 3 is 2.67 bits per heavy atom. The Morgan fingerprint density at radius 1 is 1.28 bits per heavy atom. The van der Waals surface area contributed by atoms with Crippen molar-refractivity contribution in [2.45, 2.75) is 13.8 Å². The third-order valence-corrected chi connectivity index (χ3v) is 2.25. The Balaban J connectivity index is 2.16. The van der Waals surface area contributed by atoms with Gasteiger partial charge in [0.25, 0.3) is 0 Å². The molecule has 1 N–H and O–H groups in total. The number of amides is 1. The van der Waals surface area contributed by atoms with Crippen LogP contribution in [-0.2, 0) is 0 Å². The maximum Gasteiger partial charge on any atom is 0.313 e. The maximum absolute atomic E-state index is 11.7. The lowest BCUT2D eigenvalue weighted by Crippen LogP contribution is -2.12. The van der Waals surface area contributed by atoms with E-state index >= 15 is 0 Å². The molecule has 0 spiro atoms. The summed E-state index contributed by atoms with van der Waals surface area (Å²) in [6.07, 6.45) is 0. The minimum atomic E-state index is -0.503. The fourth-order valence-electron chi connectivity index (χ4n) is 1.39. The summed E-state index contributed by atoms with van der Waals surface area (Å²) < 4.78 is 4.99. The number of hydrogen-bond acceptors (Lipinski definition) is 5. The van der Waals surface area contributed by atoms with E-state index in [9.17, 15) is 9.59 Å². The van der Waals surface area contributed by atoms with Crippen molar-refractivity contribution < 1.29 is 14.0 Å². The Labute approximate surface area is 103 Å². The molecule has 1 heterocycles. The van der Waals surface area contributed by atoms with Gasteiger partial charge in [-0.25, -0.2) is 0 Å². The molecule has 18 heavy (non-hydrogen) atoms. The summed E-state index contributed by atoms with van der Waals surface area (Å²) in [5.74, 6) is -0.366. The zero-order valence-corrected chi connectivity index (χ0v) is 9.93. The normalized spacial score (nSPS) is 10.1. The van der Waals surface area contributed by atoms with Gasteiger partial charge in [0, 0.05) is 18.2 Å². The van der Waals surface area contributed by atoms with E-state index in [0.717, 1.165) is 0 Å². The summed E-state index contributed by atoms with van der Waals surface area (Å²) in [4.78, 5) is 22.9. The minimum Gasteiger partial charge on any atom is -0.417 e. The number of anilines is 1. The van der Waals surface area contributed by atoms with E-state index in [4.69, 9.17) is 4.42 Å². The van der Waals surface area contributed by atoms with Crippen LogP contribution in [0.1, 0.15) is 33.9 Å². The molecule has 2 aromatic rings. The van der Waals surface area contributed by atoms with Crippen molar-refractivity contribution in [1.29, 1.82) is 0 Å². The molecule has 0 saturated heterocycles. The Bertz CT molecular complexity index is 604. The van der Waals surface area contributed by atoms with Gasteiger partial charge in [-0.1, -0.05) is 12.1 Å². The van der Waals surface area contributed by atoms with Crippen LogP contribution in [-0.4, -0.2) is 21.9 Å². The molecule has 1 amide bonds. The number of Topliss-reactive ketones (excluding diaryl/α,β-unsaturated/α-hetero) is 1. The number of ketones is 1. The molecule has 0 aliphatic rings. The van der Waals surface area contributed by atoms with E-state index in [0.29, 0.717) is 17.1 Å². The summed E-state index contributed by atoms with van der Waals surface area (Å²) in [5, 5.41) is 9.75. The number of hydrogen-bond donors (Lipinski definition) is 1. The molecule has 6 heteroatoms. The van der Waals surface area contributed by atoms with Gasteiger partial charge in [0.05, 0.1) is 0 Å². The van der Waals surface area contributed by atoms with E-state index in [1.54, 1.807) is 31.2 Å². The van der Waals surface area contributed by atoms with Crippen LogP contribution in [0.15, 0.2) is 28.7 Å². The first-order valence-electron chi connectivity index (χ1n) is 5.29. The quantitative estimate of drug-likeness (QED) is 0.834. The molecular weight excluding hydrogens is 234 g/mol. The van der Waals surface area contributed by atoms with Crippen molar-refractivity contribution in [2.75, 3.05) is 5.32 Å². The summed E-state index contributed by atoms with van der Waals surface area (Å²) in [6.45, 7) is 3.06. The molecule has 0 bridgehead atoms. The molecule has 0 saturated carbocycles. The largest absolute Gasteiger partial charge is 0.417 e. The van der Waals surface area contributed by atoms with Gasteiger partial charge in [-0.05, 0) is 19.1 Å². The average Bonchev–Trinajstić information content (AvgIpc) is 2.76. The lowest BCUT2D eigenvalue weighted by atomic mass is 10.1. The first kappa shape index (κ1) is 12.0. The van der Waals surface area contributed by atoms with Gasteiger partial charge in [0.2, 0.25) is 5.89 Å². The number of carbonyl (C=O) groups is 2. The smallest absolute Gasteiger partial charge is 0.313 e. The van der Waals surface area contributed by atoms with Gasteiger partial charge in [-0.3, -0.25) is 9.59 Å². The Hall–Kier alpha value is -2.50. The first-order chi connectivity index (χ1) is 8.56. The molecule has 1 aromatic heterocycles. The highest BCUT2D eigenvalue weighted by Crippen LogP contribution is 2.12. The van der Waals surface area contributed by atoms with Gasteiger partial charge >= 0.3 is 11.8 Å². The fourth-order valence-corrected chi connectivity index (χ4v) is 1.39. The number of benzene rings is 1. The van der Waals surface area contributed by atoms with E-state index in [2.05, 4.69) is 15.5 Å². The molecule has 0 atom stereocenters. The lowest BCUT2D eigenvalue weighted by Gasteiger charge is -2.03. The second-order valence-corrected chi connectivity index (χ2v) is 3.72. The average molecular weight is 245 g/mol. The predicted molar refractivity (Wildman–Crippen MR) is 63.4 cm³/mol. The van der Waals surface area contributed by atoms with Gasteiger partial charge in [0.1, 0.15) is 0 Å². The van der Waals surface area contributed by atoms with Crippen LogP contribution in [0, 0.1) is 6.92 Å². The zero-order chi connectivity index (χ0) is 13.1. The van der Waals surface area contributed by atoms with Gasteiger partial charge in [0.15, 0.2) is 5.78 Å². The molecule has 1 aromatic carbocycles. The summed E-state index contributed by atoms with van der Waals surface area (Å²) >= 11 is 0. The summed E-state index contributed by atoms with van der Waals surface area (Å²) in [5.41, 5.74) is 1.03. The number of carbonyl (C=O) groups excluding carboxylic acids is 2. The third-order valence-electron chi connectivity index (χ3n) is 2.25. The highest BCUT2D eigenvalue weighted by molar-refractivity contribution is 6.02. The molecule has 0 fully saturated rings. The van der Waals surface area contributed by atoms with Crippen molar-refractivity contribution in [3.05, 3.63) is 41.6 Å². The Morgan fingerprint density at radius 2 is 2.06 bits per heavy atom. The molecule has 2 rings (SSSR count). The second-order valence-electron chi connectivity index (χ2n) is 3.72. The van der Waals surface area contributed by atoms with Crippen LogP contribution in [0.2, 0.25) is 0 Å². The minimum absolute atomic E-state index is 0.0697. The Kier molecular flexibility index (Phi) is 3.18.